The molecular weight excluding hydrogens is 244 g/mol. The first-order valence-corrected chi connectivity index (χ1v) is 8.17. The third-order valence-corrected chi connectivity index (χ3v) is 4.01. The Bertz CT molecular complexity index is 352. The van der Waals surface area contributed by atoms with Crippen LogP contribution < -0.4 is 10.2 Å². The normalized spacial score (nSPS) is 12.7. The average Bonchev–Trinajstić information content (AvgIpc) is 2.45. The summed E-state index contributed by atoms with van der Waals surface area (Å²) >= 11 is 0. The van der Waals surface area contributed by atoms with Gasteiger partial charge in [0.25, 0.3) is 0 Å². The van der Waals surface area contributed by atoms with Crippen LogP contribution in [-0.2, 0) is 0 Å². The number of nitrogens with zero attached hydrogens (tertiary/aromatic N) is 1. The van der Waals surface area contributed by atoms with Gasteiger partial charge in [-0.25, -0.2) is 0 Å². The van der Waals surface area contributed by atoms with Gasteiger partial charge in [0, 0.05) is 24.3 Å². The Morgan fingerprint density at radius 3 is 2.15 bits per heavy atom. The second-order valence-electron chi connectivity index (χ2n) is 5.84. The molecule has 0 radical (unpaired) electrons. The largest absolute Gasteiger partial charge is 0.369 e. The van der Waals surface area contributed by atoms with Gasteiger partial charge in [-0.15, -0.1) is 0 Å². The van der Waals surface area contributed by atoms with E-state index < -0.39 is 0 Å². The molecule has 2 heteroatoms. The highest BCUT2D eigenvalue weighted by molar-refractivity contribution is 5.48. The number of unbranched alkanes of at least 4 members (excludes halogenated alkanes) is 2. The Morgan fingerprint density at radius 1 is 1.05 bits per heavy atom. The van der Waals surface area contributed by atoms with Gasteiger partial charge in [0.05, 0.1) is 0 Å². The molecule has 0 saturated heterocycles. The smallest absolute Gasteiger partial charge is 0.0368 e. The average molecular weight is 276 g/mol. The predicted molar refractivity (Wildman–Crippen MR) is 90.5 cm³/mol. The van der Waals surface area contributed by atoms with E-state index in [2.05, 4.69) is 62.2 Å². The van der Waals surface area contributed by atoms with Gasteiger partial charge >= 0.3 is 0 Å². The minimum atomic E-state index is 0.469. The van der Waals surface area contributed by atoms with Crippen LogP contribution in [0.5, 0.6) is 0 Å². The lowest BCUT2D eigenvalue weighted by Crippen LogP contribution is -2.31. The molecule has 0 aliphatic heterocycles. The third-order valence-electron chi connectivity index (χ3n) is 4.01. The maximum Gasteiger partial charge on any atom is 0.0368 e. The summed E-state index contributed by atoms with van der Waals surface area (Å²) in [6.07, 6.45) is 5.01. The molecule has 1 aromatic rings. The molecular formula is C18H32N2. The van der Waals surface area contributed by atoms with E-state index in [0.29, 0.717) is 12.1 Å². The minimum absolute atomic E-state index is 0.469. The molecule has 0 amide bonds. The zero-order chi connectivity index (χ0) is 15.0. The van der Waals surface area contributed by atoms with Crippen LogP contribution in [0.2, 0.25) is 0 Å². The van der Waals surface area contributed by atoms with Gasteiger partial charge in [0.1, 0.15) is 0 Å². The van der Waals surface area contributed by atoms with Gasteiger partial charge in [-0.05, 0) is 51.4 Å². The Morgan fingerprint density at radius 2 is 1.70 bits per heavy atom. The first-order valence-electron chi connectivity index (χ1n) is 8.17. The number of rotatable bonds is 9. The highest BCUT2D eigenvalue weighted by Gasteiger charge is 2.11. The van der Waals surface area contributed by atoms with Crippen molar-refractivity contribution in [2.75, 3.05) is 18.5 Å². The van der Waals surface area contributed by atoms with Crippen LogP contribution in [0.4, 0.5) is 5.69 Å². The fourth-order valence-electron chi connectivity index (χ4n) is 2.72. The van der Waals surface area contributed by atoms with E-state index in [1.54, 1.807) is 0 Å². The summed E-state index contributed by atoms with van der Waals surface area (Å²) in [4.78, 5) is 2.51. The summed E-state index contributed by atoms with van der Waals surface area (Å²) in [5, 5.41) is 3.37. The summed E-state index contributed by atoms with van der Waals surface area (Å²) in [5.74, 6) is 0. The molecule has 1 rings (SSSR count). The number of hydrogen-bond acceptors (Lipinski definition) is 2. The fraction of sp³-hybridized carbons (Fsp3) is 0.667. The summed E-state index contributed by atoms with van der Waals surface area (Å²) in [6.45, 7) is 10.2. The van der Waals surface area contributed by atoms with E-state index in [9.17, 15) is 0 Å². The lowest BCUT2D eigenvalue weighted by Gasteiger charge is -2.29. The van der Waals surface area contributed by atoms with Crippen molar-refractivity contribution in [3.8, 4) is 0 Å². The van der Waals surface area contributed by atoms with Crippen LogP contribution >= 0.6 is 0 Å². The molecule has 0 aromatic heterocycles. The molecule has 1 N–H and O–H groups in total. The lowest BCUT2D eigenvalue weighted by atomic mass is 10.0. The zero-order valence-corrected chi connectivity index (χ0v) is 13.9. The Hall–Kier alpha value is -1.02. The van der Waals surface area contributed by atoms with Crippen LogP contribution in [0.25, 0.3) is 0 Å². The molecule has 0 aliphatic rings. The zero-order valence-electron chi connectivity index (χ0n) is 13.9. The van der Waals surface area contributed by atoms with E-state index >= 15 is 0 Å². The van der Waals surface area contributed by atoms with Crippen LogP contribution in [0.15, 0.2) is 24.3 Å². The van der Waals surface area contributed by atoms with Crippen LogP contribution in [0, 0.1) is 0 Å². The van der Waals surface area contributed by atoms with Crippen molar-refractivity contribution < 1.29 is 0 Å². The van der Waals surface area contributed by atoms with Crippen molar-refractivity contribution in [1.82, 2.24) is 5.32 Å². The molecule has 0 fully saturated rings. The van der Waals surface area contributed by atoms with Crippen molar-refractivity contribution in [2.24, 2.45) is 0 Å². The number of nitrogens with one attached hydrogen (secondary N) is 1. The third kappa shape index (κ3) is 4.82. The Labute approximate surface area is 125 Å². The van der Waals surface area contributed by atoms with E-state index in [1.807, 2.05) is 7.05 Å². The molecule has 0 aliphatic carbocycles. The highest BCUT2D eigenvalue weighted by Crippen LogP contribution is 2.23. The maximum absolute atomic E-state index is 3.37. The summed E-state index contributed by atoms with van der Waals surface area (Å²) in [7, 11) is 2.03. The molecule has 0 bridgehead atoms. The quantitative estimate of drug-likeness (QED) is 0.654. The lowest BCUT2D eigenvalue weighted by molar-refractivity contribution is 0.576. The maximum atomic E-state index is 3.37. The standard InChI is InChI=1S/C18H32N2/c1-6-8-9-14-20(15(3)4)17-12-10-16(11-13-17)18(7-2)19-5/h10-13,15,18-19H,6-9,14H2,1-5H3. The summed E-state index contributed by atoms with van der Waals surface area (Å²) in [6, 6.07) is 10.1. The second kappa shape index (κ2) is 9.02. The number of hydrogen-bond donors (Lipinski definition) is 1. The van der Waals surface area contributed by atoms with Crippen LogP contribution in [-0.4, -0.2) is 19.6 Å². The molecule has 0 saturated carbocycles. The Balaban J connectivity index is 2.77. The molecule has 1 aromatic carbocycles. The molecule has 2 nitrogen and oxygen atoms in total. The van der Waals surface area contributed by atoms with Crippen molar-refractivity contribution in [3.05, 3.63) is 29.8 Å². The Kier molecular flexibility index (Phi) is 7.68. The van der Waals surface area contributed by atoms with Gasteiger partial charge in [0.2, 0.25) is 0 Å². The first kappa shape index (κ1) is 17.0. The fourth-order valence-corrected chi connectivity index (χ4v) is 2.72. The molecule has 0 heterocycles. The van der Waals surface area contributed by atoms with Crippen LogP contribution in [0.3, 0.4) is 0 Å². The highest BCUT2D eigenvalue weighted by atomic mass is 15.1. The SMILES string of the molecule is CCCCCN(c1ccc(C(CC)NC)cc1)C(C)C. The van der Waals surface area contributed by atoms with Crippen molar-refractivity contribution >= 4 is 5.69 Å². The van der Waals surface area contributed by atoms with E-state index in [1.165, 1.54) is 30.5 Å². The van der Waals surface area contributed by atoms with E-state index in [4.69, 9.17) is 0 Å². The topological polar surface area (TPSA) is 15.3 Å². The monoisotopic (exact) mass is 276 g/mol. The van der Waals surface area contributed by atoms with Crippen LogP contribution in [0.1, 0.15) is 65.0 Å². The van der Waals surface area contributed by atoms with Crippen molar-refractivity contribution in [2.45, 2.75) is 65.5 Å². The van der Waals surface area contributed by atoms with E-state index in [0.717, 1.165) is 13.0 Å². The first-order chi connectivity index (χ1) is 9.63. The molecule has 114 valence electrons. The van der Waals surface area contributed by atoms with Crippen molar-refractivity contribution in [1.29, 1.82) is 0 Å². The van der Waals surface area contributed by atoms with Crippen molar-refractivity contribution in [3.63, 3.8) is 0 Å². The number of anilines is 1. The van der Waals surface area contributed by atoms with Gasteiger partial charge < -0.3 is 10.2 Å². The molecule has 20 heavy (non-hydrogen) atoms. The number of benzene rings is 1. The van der Waals surface area contributed by atoms with Gasteiger partial charge in [-0.2, -0.15) is 0 Å². The predicted octanol–water partition coefficient (Wildman–Crippen LogP) is 4.76. The molecule has 0 spiro atoms. The van der Waals surface area contributed by atoms with Gasteiger partial charge in [-0.1, -0.05) is 38.8 Å². The minimum Gasteiger partial charge on any atom is -0.369 e. The summed E-state index contributed by atoms with van der Waals surface area (Å²) in [5.41, 5.74) is 2.74. The second-order valence-corrected chi connectivity index (χ2v) is 5.84. The summed E-state index contributed by atoms with van der Waals surface area (Å²) < 4.78 is 0. The molecule has 1 atom stereocenters. The molecule has 1 unspecified atom stereocenters. The van der Waals surface area contributed by atoms with E-state index in [-0.39, 0.29) is 0 Å². The van der Waals surface area contributed by atoms with Gasteiger partial charge in [-0.3, -0.25) is 0 Å². The van der Waals surface area contributed by atoms with Gasteiger partial charge in [0.15, 0.2) is 0 Å².